The second kappa shape index (κ2) is 5.80. The van der Waals surface area contributed by atoms with Crippen molar-refractivity contribution in [2.75, 3.05) is 0 Å². The molecule has 1 aliphatic heterocycles. The number of hydrogen-bond donors (Lipinski definition) is 3. The first-order chi connectivity index (χ1) is 8.59. The predicted molar refractivity (Wildman–Crippen MR) is 67.1 cm³/mol. The minimum atomic E-state index is -1.13. The minimum absolute atomic E-state index is 0.432. The molecular formula is C14H20O4. The third kappa shape index (κ3) is 2.90. The summed E-state index contributed by atoms with van der Waals surface area (Å²) in [7, 11) is 0. The summed E-state index contributed by atoms with van der Waals surface area (Å²) in [6.45, 7) is 1.70. The van der Waals surface area contributed by atoms with Crippen LogP contribution in [0.5, 0.6) is 0 Å². The van der Waals surface area contributed by atoms with E-state index in [4.69, 9.17) is 4.74 Å². The van der Waals surface area contributed by atoms with E-state index >= 15 is 0 Å². The van der Waals surface area contributed by atoms with Gasteiger partial charge in [0, 0.05) is 0 Å². The van der Waals surface area contributed by atoms with Crippen LogP contribution in [0.25, 0.3) is 0 Å². The van der Waals surface area contributed by atoms with Gasteiger partial charge in [-0.05, 0) is 25.3 Å². The maximum atomic E-state index is 9.87. The Labute approximate surface area is 107 Å². The average Bonchev–Trinajstić information content (AvgIpc) is 2.40. The Balaban J connectivity index is 1.93. The largest absolute Gasteiger partial charge is 0.388 e. The van der Waals surface area contributed by atoms with Gasteiger partial charge in [-0.3, -0.25) is 0 Å². The molecule has 5 unspecified atom stereocenters. The molecule has 0 aliphatic carbocycles. The number of benzene rings is 1. The smallest absolute Gasteiger partial charge is 0.111 e. The number of aryl methyl sites for hydroxylation is 1. The van der Waals surface area contributed by atoms with Gasteiger partial charge in [-0.15, -0.1) is 0 Å². The summed E-state index contributed by atoms with van der Waals surface area (Å²) in [5.74, 6) is 0. The zero-order valence-corrected chi connectivity index (χ0v) is 10.4. The lowest BCUT2D eigenvalue weighted by Crippen LogP contribution is -2.56. The normalized spacial score (nSPS) is 36.6. The zero-order chi connectivity index (χ0) is 13.1. The van der Waals surface area contributed by atoms with Crippen LogP contribution in [0.1, 0.15) is 18.9 Å². The van der Waals surface area contributed by atoms with Gasteiger partial charge in [0.05, 0.1) is 12.2 Å². The fourth-order valence-corrected chi connectivity index (χ4v) is 2.33. The second-order valence-electron chi connectivity index (χ2n) is 4.88. The highest BCUT2D eigenvalue weighted by molar-refractivity contribution is 5.14. The summed E-state index contributed by atoms with van der Waals surface area (Å²) in [6.07, 6.45) is -2.66. The first-order valence-electron chi connectivity index (χ1n) is 6.33. The maximum Gasteiger partial charge on any atom is 0.111 e. The van der Waals surface area contributed by atoms with E-state index in [9.17, 15) is 15.3 Å². The molecule has 100 valence electrons. The van der Waals surface area contributed by atoms with Crippen LogP contribution in [-0.4, -0.2) is 45.8 Å². The number of hydrogen-bond acceptors (Lipinski definition) is 4. The highest BCUT2D eigenvalue weighted by Gasteiger charge is 2.41. The number of ether oxygens (including phenoxy) is 1. The molecule has 4 nitrogen and oxygen atoms in total. The molecule has 4 heteroatoms. The van der Waals surface area contributed by atoms with Gasteiger partial charge < -0.3 is 20.1 Å². The molecule has 1 aromatic carbocycles. The third-order valence-electron chi connectivity index (χ3n) is 3.51. The van der Waals surface area contributed by atoms with Gasteiger partial charge in [0.15, 0.2) is 0 Å². The van der Waals surface area contributed by atoms with Gasteiger partial charge in [0.1, 0.15) is 18.3 Å². The standard InChI is InChI=1S/C14H20O4/c1-9-12(15)14(17)13(16)11(18-9)8-7-10-5-3-2-4-6-10/h2-6,9,11-17H,7-8H2,1H3. The van der Waals surface area contributed by atoms with Crippen LogP contribution in [0.3, 0.4) is 0 Å². The van der Waals surface area contributed by atoms with Crippen molar-refractivity contribution in [3.05, 3.63) is 35.9 Å². The average molecular weight is 252 g/mol. The van der Waals surface area contributed by atoms with Crippen molar-refractivity contribution in [3.63, 3.8) is 0 Å². The van der Waals surface area contributed by atoms with Gasteiger partial charge in [-0.25, -0.2) is 0 Å². The van der Waals surface area contributed by atoms with Crippen LogP contribution < -0.4 is 0 Å². The number of rotatable bonds is 3. The molecule has 2 rings (SSSR count). The highest BCUT2D eigenvalue weighted by atomic mass is 16.5. The van der Waals surface area contributed by atoms with Gasteiger partial charge >= 0.3 is 0 Å². The van der Waals surface area contributed by atoms with Crippen molar-refractivity contribution in [1.82, 2.24) is 0 Å². The van der Waals surface area contributed by atoms with E-state index in [0.29, 0.717) is 6.42 Å². The summed E-state index contributed by atoms with van der Waals surface area (Å²) in [5, 5.41) is 29.2. The highest BCUT2D eigenvalue weighted by Crippen LogP contribution is 2.24. The summed E-state index contributed by atoms with van der Waals surface area (Å²) >= 11 is 0. The molecule has 1 aromatic rings. The topological polar surface area (TPSA) is 69.9 Å². The molecular weight excluding hydrogens is 232 g/mol. The molecule has 1 saturated heterocycles. The maximum absolute atomic E-state index is 9.87. The molecule has 1 fully saturated rings. The Bertz CT molecular complexity index is 367. The van der Waals surface area contributed by atoms with Crippen LogP contribution in [0.4, 0.5) is 0 Å². The van der Waals surface area contributed by atoms with E-state index in [1.165, 1.54) is 5.56 Å². The van der Waals surface area contributed by atoms with Crippen molar-refractivity contribution in [3.8, 4) is 0 Å². The minimum Gasteiger partial charge on any atom is -0.388 e. The van der Waals surface area contributed by atoms with Gasteiger partial charge in [-0.2, -0.15) is 0 Å². The Morgan fingerprint density at radius 1 is 1.00 bits per heavy atom. The predicted octanol–water partition coefficient (Wildman–Crippen LogP) is 0.489. The lowest BCUT2D eigenvalue weighted by atomic mass is 9.92. The van der Waals surface area contributed by atoms with Crippen LogP contribution in [0.15, 0.2) is 30.3 Å². The van der Waals surface area contributed by atoms with Crippen LogP contribution in [-0.2, 0) is 11.2 Å². The molecule has 18 heavy (non-hydrogen) atoms. The van der Waals surface area contributed by atoms with E-state index in [1.54, 1.807) is 6.92 Å². The first-order valence-corrected chi connectivity index (χ1v) is 6.33. The molecule has 3 N–H and O–H groups in total. The van der Waals surface area contributed by atoms with Crippen molar-refractivity contribution in [2.45, 2.75) is 50.3 Å². The van der Waals surface area contributed by atoms with E-state index in [-0.39, 0.29) is 0 Å². The first kappa shape index (κ1) is 13.5. The van der Waals surface area contributed by atoms with Crippen molar-refractivity contribution in [1.29, 1.82) is 0 Å². The van der Waals surface area contributed by atoms with Crippen LogP contribution >= 0.6 is 0 Å². The van der Waals surface area contributed by atoms with E-state index in [0.717, 1.165) is 6.42 Å². The van der Waals surface area contributed by atoms with Crippen LogP contribution in [0.2, 0.25) is 0 Å². The summed E-state index contributed by atoms with van der Waals surface area (Å²) in [4.78, 5) is 0. The number of aliphatic hydroxyl groups is 3. The molecule has 5 atom stereocenters. The summed E-state index contributed by atoms with van der Waals surface area (Å²) in [6, 6.07) is 9.93. The van der Waals surface area contributed by atoms with Crippen LogP contribution in [0, 0.1) is 0 Å². The van der Waals surface area contributed by atoms with Crippen molar-refractivity contribution >= 4 is 0 Å². The number of aliphatic hydroxyl groups excluding tert-OH is 3. The Morgan fingerprint density at radius 2 is 1.67 bits per heavy atom. The fraction of sp³-hybridized carbons (Fsp3) is 0.571. The third-order valence-corrected chi connectivity index (χ3v) is 3.51. The van der Waals surface area contributed by atoms with Crippen molar-refractivity contribution in [2.24, 2.45) is 0 Å². The quantitative estimate of drug-likeness (QED) is 0.732. The molecule has 0 radical (unpaired) electrons. The molecule has 0 spiro atoms. The lowest BCUT2D eigenvalue weighted by molar-refractivity contribution is -0.218. The molecule has 1 aliphatic rings. The Morgan fingerprint density at radius 3 is 2.33 bits per heavy atom. The fourth-order valence-electron chi connectivity index (χ4n) is 2.33. The molecule has 0 saturated carbocycles. The Kier molecular flexibility index (Phi) is 4.35. The SMILES string of the molecule is CC1OC(CCc2ccccc2)C(O)C(O)C1O. The van der Waals surface area contributed by atoms with E-state index in [2.05, 4.69) is 0 Å². The van der Waals surface area contributed by atoms with E-state index in [1.807, 2.05) is 30.3 Å². The monoisotopic (exact) mass is 252 g/mol. The Hall–Kier alpha value is -0.940. The molecule has 1 heterocycles. The van der Waals surface area contributed by atoms with Crippen molar-refractivity contribution < 1.29 is 20.1 Å². The van der Waals surface area contributed by atoms with Gasteiger partial charge in [0.25, 0.3) is 0 Å². The van der Waals surface area contributed by atoms with E-state index < -0.39 is 30.5 Å². The van der Waals surface area contributed by atoms with Gasteiger partial charge in [0.2, 0.25) is 0 Å². The molecule has 0 amide bonds. The summed E-state index contributed by atoms with van der Waals surface area (Å²) < 4.78 is 5.54. The summed E-state index contributed by atoms with van der Waals surface area (Å²) in [5.41, 5.74) is 1.17. The van der Waals surface area contributed by atoms with Gasteiger partial charge in [-0.1, -0.05) is 30.3 Å². The molecule has 0 bridgehead atoms. The zero-order valence-electron chi connectivity index (χ0n) is 10.4. The molecule has 0 aromatic heterocycles. The lowest BCUT2D eigenvalue weighted by Gasteiger charge is -2.39. The second-order valence-corrected chi connectivity index (χ2v) is 4.88.